The zero-order valence-corrected chi connectivity index (χ0v) is 16.1. The van der Waals surface area contributed by atoms with Crippen LogP contribution in [0.4, 0.5) is 5.69 Å². The monoisotopic (exact) mass is 363 g/mol. The second-order valence-corrected chi connectivity index (χ2v) is 7.05. The summed E-state index contributed by atoms with van der Waals surface area (Å²) in [6.45, 7) is 8.59. The smallest absolute Gasteiger partial charge is 0.249 e. The molecule has 1 aromatic heterocycles. The number of hydrogen-bond acceptors (Lipinski definition) is 5. The van der Waals surface area contributed by atoms with Crippen molar-refractivity contribution in [3.8, 4) is 23.3 Å². The van der Waals surface area contributed by atoms with Crippen molar-refractivity contribution in [2.45, 2.75) is 39.5 Å². The van der Waals surface area contributed by atoms with Crippen LogP contribution in [0, 0.1) is 0 Å². The summed E-state index contributed by atoms with van der Waals surface area (Å²) in [4.78, 5) is 8.26. The van der Waals surface area contributed by atoms with Gasteiger partial charge in [0.2, 0.25) is 11.8 Å². The van der Waals surface area contributed by atoms with Crippen molar-refractivity contribution in [1.82, 2.24) is 9.97 Å². The molecule has 1 heterocycles. The third-order valence-electron chi connectivity index (χ3n) is 4.33. The van der Waals surface area contributed by atoms with E-state index >= 15 is 0 Å². The molecule has 0 fully saturated rings. The molecule has 0 radical (unpaired) electrons. The molecule has 0 amide bonds. The lowest BCUT2D eigenvalue weighted by molar-refractivity contribution is 0.438. The first-order chi connectivity index (χ1) is 12.9. The second-order valence-electron chi connectivity index (χ2n) is 7.05. The highest BCUT2D eigenvalue weighted by atomic mass is 16.5. The zero-order chi connectivity index (χ0) is 19.4. The van der Waals surface area contributed by atoms with Crippen molar-refractivity contribution in [3.05, 3.63) is 66.0 Å². The summed E-state index contributed by atoms with van der Waals surface area (Å²) in [5.41, 5.74) is 8.91. The summed E-state index contributed by atoms with van der Waals surface area (Å²) < 4.78 is 11.6. The van der Waals surface area contributed by atoms with Crippen LogP contribution >= 0.6 is 0 Å². The largest absolute Gasteiger partial charge is 0.437 e. The Morgan fingerprint density at radius 2 is 1.04 bits per heavy atom. The van der Waals surface area contributed by atoms with Gasteiger partial charge in [-0.2, -0.15) is 9.97 Å². The molecule has 0 atom stereocenters. The summed E-state index contributed by atoms with van der Waals surface area (Å²) in [7, 11) is 0. The molecular formula is C22H25N3O2. The van der Waals surface area contributed by atoms with Gasteiger partial charge in [0.05, 0.1) is 0 Å². The van der Waals surface area contributed by atoms with Gasteiger partial charge in [0, 0.05) is 0 Å². The lowest BCUT2D eigenvalue weighted by atomic mass is 10.0. The third-order valence-corrected chi connectivity index (χ3v) is 4.33. The molecule has 3 aromatic rings. The van der Waals surface area contributed by atoms with Gasteiger partial charge in [0.1, 0.15) is 17.8 Å². The number of nitrogens with zero attached hydrogens (tertiary/aromatic N) is 2. The Bertz CT molecular complexity index is 817. The number of nitrogen functional groups attached to an aromatic ring is 1. The molecule has 27 heavy (non-hydrogen) atoms. The fourth-order valence-corrected chi connectivity index (χ4v) is 2.59. The van der Waals surface area contributed by atoms with Crippen LogP contribution in [0.15, 0.2) is 54.9 Å². The highest BCUT2D eigenvalue weighted by Crippen LogP contribution is 2.34. The van der Waals surface area contributed by atoms with Gasteiger partial charge in [0.15, 0.2) is 5.69 Å². The number of ether oxygens (including phenoxy) is 2. The molecule has 0 aliphatic heterocycles. The lowest BCUT2D eigenvalue weighted by Gasteiger charge is -2.12. The van der Waals surface area contributed by atoms with Crippen molar-refractivity contribution in [3.63, 3.8) is 0 Å². The Kier molecular flexibility index (Phi) is 5.60. The lowest BCUT2D eigenvalue weighted by Crippen LogP contribution is -2.00. The van der Waals surface area contributed by atoms with E-state index < -0.39 is 0 Å². The first-order valence-electron chi connectivity index (χ1n) is 9.10. The van der Waals surface area contributed by atoms with Crippen LogP contribution in [-0.4, -0.2) is 9.97 Å². The minimum atomic E-state index is 0.262. The van der Waals surface area contributed by atoms with Gasteiger partial charge in [0.25, 0.3) is 0 Å². The van der Waals surface area contributed by atoms with E-state index in [0.717, 1.165) is 0 Å². The molecule has 0 aliphatic rings. The molecule has 5 nitrogen and oxygen atoms in total. The third kappa shape index (κ3) is 4.56. The van der Waals surface area contributed by atoms with Gasteiger partial charge in [-0.3, -0.25) is 0 Å². The van der Waals surface area contributed by atoms with E-state index in [1.165, 1.54) is 17.5 Å². The zero-order valence-electron chi connectivity index (χ0n) is 16.1. The predicted octanol–water partition coefficient (Wildman–Crippen LogP) is 5.89. The summed E-state index contributed by atoms with van der Waals surface area (Å²) in [6, 6.07) is 15.8. The summed E-state index contributed by atoms with van der Waals surface area (Å²) >= 11 is 0. The Labute approximate surface area is 160 Å². The average molecular weight is 363 g/mol. The van der Waals surface area contributed by atoms with Gasteiger partial charge in [-0.1, -0.05) is 52.0 Å². The maximum absolute atomic E-state index is 6.16. The van der Waals surface area contributed by atoms with Crippen LogP contribution in [0.25, 0.3) is 0 Å². The Balaban J connectivity index is 1.77. The topological polar surface area (TPSA) is 70.3 Å². The Morgan fingerprint density at radius 3 is 1.37 bits per heavy atom. The maximum Gasteiger partial charge on any atom is 0.249 e. The van der Waals surface area contributed by atoms with E-state index in [1.54, 1.807) is 0 Å². The molecule has 0 spiro atoms. The number of aromatic nitrogens is 2. The minimum absolute atomic E-state index is 0.262. The van der Waals surface area contributed by atoms with Crippen molar-refractivity contribution >= 4 is 5.69 Å². The molecule has 0 aliphatic carbocycles. The van der Waals surface area contributed by atoms with E-state index in [1.807, 2.05) is 48.5 Å². The molecule has 2 aromatic carbocycles. The quantitative estimate of drug-likeness (QED) is 0.591. The van der Waals surface area contributed by atoms with Gasteiger partial charge in [-0.05, 0) is 47.2 Å². The van der Waals surface area contributed by atoms with E-state index in [2.05, 4.69) is 37.7 Å². The van der Waals surface area contributed by atoms with Crippen LogP contribution in [0.2, 0.25) is 0 Å². The van der Waals surface area contributed by atoms with Crippen LogP contribution in [-0.2, 0) is 0 Å². The van der Waals surface area contributed by atoms with E-state index in [9.17, 15) is 0 Å². The first kappa shape index (κ1) is 18.7. The predicted molar refractivity (Wildman–Crippen MR) is 108 cm³/mol. The Morgan fingerprint density at radius 1 is 0.667 bits per heavy atom. The number of rotatable bonds is 6. The van der Waals surface area contributed by atoms with E-state index in [-0.39, 0.29) is 17.4 Å². The van der Waals surface area contributed by atoms with Crippen LogP contribution in [0.1, 0.15) is 50.7 Å². The number of hydrogen-bond donors (Lipinski definition) is 1. The van der Waals surface area contributed by atoms with Crippen LogP contribution in [0.3, 0.4) is 0 Å². The van der Waals surface area contributed by atoms with Crippen LogP contribution < -0.4 is 15.2 Å². The van der Waals surface area contributed by atoms with Crippen molar-refractivity contribution in [2.75, 3.05) is 5.73 Å². The number of nitrogens with two attached hydrogens (primary N) is 1. The average Bonchev–Trinajstić information content (AvgIpc) is 2.66. The minimum Gasteiger partial charge on any atom is -0.437 e. The van der Waals surface area contributed by atoms with Gasteiger partial charge < -0.3 is 15.2 Å². The second kappa shape index (κ2) is 8.08. The molecule has 140 valence electrons. The highest BCUT2D eigenvalue weighted by molar-refractivity contribution is 5.58. The van der Waals surface area contributed by atoms with Gasteiger partial charge in [-0.25, -0.2) is 0 Å². The molecule has 0 saturated heterocycles. The standard InChI is InChI=1S/C22H25N3O2/c1-14(2)16-5-9-18(10-6-16)26-21-20(23)22(25-13-24-21)27-19-11-7-17(8-12-19)15(3)4/h5-15H,23H2,1-4H3. The van der Waals surface area contributed by atoms with Gasteiger partial charge in [-0.15, -0.1) is 0 Å². The first-order valence-corrected chi connectivity index (χ1v) is 9.10. The fraction of sp³-hybridized carbons (Fsp3) is 0.273. The molecular weight excluding hydrogens is 338 g/mol. The van der Waals surface area contributed by atoms with Crippen molar-refractivity contribution < 1.29 is 9.47 Å². The summed E-state index contributed by atoms with van der Waals surface area (Å²) in [5, 5.41) is 0. The molecule has 2 N–H and O–H groups in total. The molecule has 0 bridgehead atoms. The van der Waals surface area contributed by atoms with Crippen molar-refractivity contribution in [2.24, 2.45) is 0 Å². The highest BCUT2D eigenvalue weighted by Gasteiger charge is 2.13. The Hall–Kier alpha value is -3.08. The van der Waals surface area contributed by atoms with E-state index in [4.69, 9.17) is 15.2 Å². The summed E-state index contributed by atoms with van der Waals surface area (Å²) in [6.07, 6.45) is 1.38. The maximum atomic E-state index is 6.16. The molecule has 5 heteroatoms. The van der Waals surface area contributed by atoms with E-state index in [0.29, 0.717) is 23.3 Å². The SMILES string of the molecule is CC(C)c1ccc(Oc2ncnc(Oc3ccc(C(C)C)cc3)c2N)cc1. The molecule has 3 rings (SSSR count). The normalized spacial score (nSPS) is 11.0. The fourth-order valence-electron chi connectivity index (χ4n) is 2.59. The van der Waals surface area contributed by atoms with Gasteiger partial charge >= 0.3 is 0 Å². The van der Waals surface area contributed by atoms with Crippen molar-refractivity contribution in [1.29, 1.82) is 0 Å². The number of anilines is 1. The number of benzene rings is 2. The molecule has 0 unspecified atom stereocenters. The van der Waals surface area contributed by atoms with Crippen LogP contribution in [0.5, 0.6) is 23.3 Å². The summed E-state index contributed by atoms with van der Waals surface area (Å²) in [5.74, 6) is 2.80. The molecule has 0 saturated carbocycles.